The number of hydrogen-bond acceptors (Lipinski definition) is 4. The van der Waals surface area contributed by atoms with Crippen LogP contribution in [0, 0.1) is 0 Å². The van der Waals surface area contributed by atoms with Crippen molar-refractivity contribution in [2.75, 3.05) is 32.8 Å². The Morgan fingerprint density at radius 1 is 0.875 bits per heavy atom. The number of rotatable bonds is 7. The molecule has 0 saturated carbocycles. The molecule has 0 aliphatic carbocycles. The summed E-state index contributed by atoms with van der Waals surface area (Å²) in [7, 11) is 0. The average Bonchev–Trinajstić information content (AvgIpc) is 2.85. The van der Waals surface area contributed by atoms with Crippen molar-refractivity contribution in [2.45, 2.75) is 6.04 Å². The molecule has 1 heterocycles. The summed E-state index contributed by atoms with van der Waals surface area (Å²) >= 11 is 6.09. The Kier molecular flexibility index (Phi) is 7.54. The van der Waals surface area contributed by atoms with Crippen molar-refractivity contribution in [3.63, 3.8) is 0 Å². The first kappa shape index (κ1) is 22.1. The van der Waals surface area contributed by atoms with Crippen molar-refractivity contribution in [3.8, 4) is 0 Å². The van der Waals surface area contributed by atoms with E-state index in [9.17, 15) is 4.79 Å². The van der Waals surface area contributed by atoms with Crippen LogP contribution in [0.3, 0.4) is 0 Å². The maximum absolute atomic E-state index is 12.6. The van der Waals surface area contributed by atoms with Gasteiger partial charge in [0.1, 0.15) is 0 Å². The molecule has 0 bridgehead atoms. The molecule has 1 amide bonds. The van der Waals surface area contributed by atoms with Crippen molar-refractivity contribution in [1.82, 2.24) is 9.80 Å². The number of carbonyl (C=O) groups is 1. The van der Waals surface area contributed by atoms with Crippen LogP contribution in [-0.4, -0.2) is 54.7 Å². The monoisotopic (exact) mass is 447 g/mol. The second-order valence-corrected chi connectivity index (χ2v) is 8.08. The molecular weight excluding hydrogens is 422 g/mol. The lowest BCUT2D eigenvalue weighted by molar-refractivity contribution is -0.138. The third-order valence-electron chi connectivity index (χ3n) is 5.62. The van der Waals surface area contributed by atoms with Crippen molar-refractivity contribution < 1.29 is 9.63 Å². The van der Waals surface area contributed by atoms with Gasteiger partial charge in [-0.2, -0.15) is 0 Å². The Morgan fingerprint density at radius 3 is 2.03 bits per heavy atom. The summed E-state index contributed by atoms with van der Waals surface area (Å²) in [6.07, 6.45) is 1.53. The van der Waals surface area contributed by atoms with Gasteiger partial charge in [-0.3, -0.25) is 9.69 Å². The fraction of sp³-hybridized carbons (Fsp3) is 0.231. The van der Waals surface area contributed by atoms with Crippen LogP contribution in [0.15, 0.2) is 90.1 Å². The fourth-order valence-corrected chi connectivity index (χ4v) is 4.16. The van der Waals surface area contributed by atoms with E-state index in [0.717, 1.165) is 18.7 Å². The van der Waals surface area contributed by atoms with Gasteiger partial charge in [0.05, 0.1) is 12.3 Å². The second-order valence-electron chi connectivity index (χ2n) is 7.67. The molecule has 3 aromatic carbocycles. The molecule has 1 saturated heterocycles. The molecule has 5 nitrogen and oxygen atoms in total. The predicted molar refractivity (Wildman–Crippen MR) is 128 cm³/mol. The molecule has 164 valence electrons. The molecule has 4 rings (SSSR count). The van der Waals surface area contributed by atoms with E-state index in [1.165, 1.54) is 17.3 Å². The second kappa shape index (κ2) is 10.9. The third-order valence-corrected chi connectivity index (χ3v) is 5.97. The highest BCUT2D eigenvalue weighted by Gasteiger charge is 2.28. The largest absolute Gasteiger partial charge is 0.386 e. The van der Waals surface area contributed by atoms with Crippen LogP contribution in [0.25, 0.3) is 0 Å². The number of oxime groups is 1. The number of halogens is 1. The normalized spacial score (nSPS) is 14.8. The number of benzene rings is 3. The lowest BCUT2D eigenvalue weighted by atomic mass is 9.96. The van der Waals surface area contributed by atoms with Gasteiger partial charge in [0, 0.05) is 36.8 Å². The molecule has 0 radical (unpaired) electrons. The lowest BCUT2D eigenvalue weighted by Gasteiger charge is -2.39. The number of carbonyl (C=O) groups excluding carboxylic acids is 1. The van der Waals surface area contributed by atoms with Gasteiger partial charge in [-0.15, -0.1) is 0 Å². The quantitative estimate of drug-likeness (QED) is 0.392. The summed E-state index contributed by atoms with van der Waals surface area (Å²) < 4.78 is 0. The molecule has 3 aromatic rings. The molecule has 0 spiro atoms. The van der Waals surface area contributed by atoms with E-state index in [2.05, 4.69) is 58.6 Å². The molecule has 1 aliphatic rings. The van der Waals surface area contributed by atoms with Crippen molar-refractivity contribution in [3.05, 3.63) is 107 Å². The van der Waals surface area contributed by atoms with Gasteiger partial charge >= 0.3 is 0 Å². The maximum Gasteiger partial charge on any atom is 0.263 e. The summed E-state index contributed by atoms with van der Waals surface area (Å²) in [6.45, 7) is 2.83. The Morgan fingerprint density at radius 2 is 1.44 bits per heavy atom. The first-order valence-electron chi connectivity index (χ1n) is 10.7. The Bertz CT molecular complexity index is 996. The summed E-state index contributed by atoms with van der Waals surface area (Å²) in [4.78, 5) is 22.1. The van der Waals surface area contributed by atoms with Crippen LogP contribution >= 0.6 is 11.6 Å². The van der Waals surface area contributed by atoms with E-state index in [1.54, 1.807) is 6.07 Å². The van der Waals surface area contributed by atoms with E-state index in [0.29, 0.717) is 18.1 Å². The highest BCUT2D eigenvalue weighted by molar-refractivity contribution is 6.33. The van der Waals surface area contributed by atoms with Crippen LogP contribution in [0.4, 0.5) is 0 Å². The van der Waals surface area contributed by atoms with Gasteiger partial charge in [-0.1, -0.05) is 95.6 Å². The molecule has 0 atom stereocenters. The van der Waals surface area contributed by atoms with Gasteiger partial charge in [0.15, 0.2) is 6.61 Å². The van der Waals surface area contributed by atoms with E-state index < -0.39 is 0 Å². The number of hydrogen-bond donors (Lipinski definition) is 0. The lowest BCUT2D eigenvalue weighted by Crippen LogP contribution is -2.50. The first-order chi connectivity index (χ1) is 15.7. The molecule has 1 fully saturated rings. The minimum Gasteiger partial charge on any atom is -0.386 e. The minimum absolute atomic E-state index is 0.0584. The van der Waals surface area contributed by atoms with Gasteiger partial charge in [0.25, 0.3) is 5.91 Å². The number of amides is 1. The van der Waals surface area contributed by atoms with Gasteiger partial charge < -0.3 is 9.74 Å². The zero-order chi connectivity index (χ0) is 22.2. The van der Waals surface area contributed by atoms with Crippen molar-refractivity contribution in [1.29, 1.82) is 0 Å². The van der Waals surface area contributed by atoms with Crippen LogP contribution in [0.2, 0.25) is 5.02 Å². The first-order valence-corrected chi connectivity index (χ1v) is 11.1. The Hall–Kier alpha value is -3.15. The number of nitrogens with zero attached hydrogens (tertiary/aromatic N) is 3. The predicted octanol–water partition coefficient (Wildman–Crippen LogP) is 4.62. The molecule has 32 heavy (non-hydrogen) atoms. The maximum atomic E-state index is 12.6. The minimum atomic E-state index is -0.0816. The molecule has 0 unspecified atom stereocenters. The molecule has 1 aliphatic heterocycles. The molecule has 0 aromatic heterocycles. The van der Waals surface area contributed by atoms with Gasteiger partial charge in [-0.25, -0.2) is 0 Å². The fourth-order valence-electron chi connectivity index (χ4n) is 3.97. The van der Waals surface area contributed by atoms with E-state index in [-0.39, 0.29) is 18.6 Å². The average molecular weight is 448 g/mol. The number of piperazine rings is 1. The summed E-state index contributed by atoms with van der Waals surface area (Å²) in [5.41, 5.74) is 3.27. The molecule has 0 N–H and O–H groups in total. The third kappa shape index (κ3) is 5.55. The Labute approximate surface area is 193 Å². The SMILES string of the molecule is O=C(CON=Cc1ccccc1Cl)N1CCN(C(c2ccccc2)c2ccccc2)CC1. The van der Waals surface area contributed by atoms with Gasteiger partial charge in [-0.05, 0) is 17.2 Å². The van der Waals surface area contributed by atoms with E-state index in [4.69, 9.17) is 16.4 Å². The molecule has 6 heteroatoms. The van der Waals surface area contributed by atoms with Crippen LogP contribution in [0.1, 0.15) is 22.7 Å². The molecular formula is C26H26ClN3O2. The van der Waals surface area contributed by atoms with Crippen molar-refractivity contribution in [2.24, 2.45) is 5.16 Å². The topological polar surface area (TPSA) is 45.1 Å². The van der Waals surface area contributed by atoms with E-state index in [1.807, 2.05) is 35.2 Å². The summed E-state index contributed by atoms with van der Waals surface area (Å²) in [5.74, 6) is -0.0584. The zero-order valence-corrected chi connectivity index (χ0v) is 18.6. The smallest absolute Gasteiger partial charge is 0.263 e. The Balaban J connectivity index is 1.33. The standard InChI is InChI=1S/C26H26ClN3O2/c27-24-14-8-7-13-23(24)19-28-32-20-25(31)29-15-17-30(18-16-29)26(21-9-3-1-4-10-21)22-11-5-2-6-12-22/h1-14,19,26H,15-18,20H2. The highest BCUT2D eigenvalue weighted by atomic mass is 35.5. The summed E-state index contributed by atoms with van der Waals surface area (Å²) in [6, 6.07) is 28.6. The van der Waals surface area contributed by atoms with E-state index >= 15 is 0 Å². The summed E-state index contributed by atoms with van der Waals surface area (Å²) in [5, 5.41) is 4.48. The van der Waals surface area contributed by atoms with Crippen molar-refractivity contribution >= 4 is 23.7 Å². The van der Waals surface area contributed by atoms with Crippen LogP contribution < -0.4 is 0 Å². The van der Waals surface area contributed by atoms with Crippen LogP contribution in [0.5, 0.6) is 0 Å². The van der Waals surface area contributed by atoms with Gasteiger partial charge in [0.2, 0.25) is 0 Å². The zero-order valence-electron chi connectivity index (χ0n) is 17.8. The highest BCUT2D eigenvalue weighted by Crippen LogP contribution is 2.29. The van der Waals surface area contributed by atoms with Crippen LogP contribution in [-0.2, 0) is 9.63 Å².